The van der Waals surface area contributed by atoms with E-state index in [9.17, 15) is 14.4 Å². The minimum absolute atomic E-state index is 0.193. The van der Waals surface area contributed by atoms with Crippen LogP contribution in [0.2, 0.25) is 0 Å². The number of amides is 1. The second kappa shape index (κ2) is 8.98. The van der Waals surface area contributed by atoms with Gasteiger partial charge in [0.15, 0.2) is 6.61 Å². The van der Waals surface area contributed by atoms with E-state index >= 15 is 0 Å². The molecule has 1 aromatic heterocycles. The monoisotopic (exact) mass is 361 g/mol. The van der Waals surface area contributed by atoms with Crippen molar-refractivity contribution in [1.82, 2.24) is 0 Å². The fourth-order valence-electron chi connectivity index (χ4n) is 2.00. The van der Waals surface area contributed by atoms with Gasteiger partial charge in [-0.3, -0.25) is 9.59 Å². The Bertz CT molecular complexity index is 754. The van der Waals surface area contributed by atoms with Crippen molar-refractivity contribution >= 4 is 34.2 Å². The van der Waals surface area contributed by atoms with Crippen LogP contribution in [0.1, 0.15) is 30.6 Å². The molecule has 0 spiro atoms. The first kappa shape index (κ1) is 18.7. The number of hydrogen-bond donors (Lipinski definition) is 1. The second-order valence-electron chi connectivity index (χ2n) is 5.00. The van der Waals surface area contributed by atoms with Crippen molar-refractivity contribution in [2.24, 2.45) is 0 Å². The average molecular weight is 361 g/mol. The Kier molecular flexibility index (Phi) is 6.71. The van der Waals surface area contributed by atoms with Crippen molar-refractivity contribution in [3.8, 4) is 10.4 Å². The van der Waals surface area contributed by atoms with Gasteiger partial charge in [0.05, 0.1) is 12.2 Å². The van der Waals surface area contributed by atoms with Gasteiger partial charge in [-0.2, -0.15) is 0 Å². The maximum absolute atomic E-state index is 12.2. The first-order valence-electron chi connectivity index (χ1n) is 7.87. The van der Waals surface area contributed by atoms with Crippen LogP contribution in [-0.2, 0) is 19.1 Å². The van der Waals surface area contributed by atoms with Crippen molar-refractivity contribution in [1.29, 1.82) is 0 Å². The molecule has 1 heterocycles. The SMILES string of the molecule is CCOC(=O)c1cc(-c2ccccc2)sc1NC(=O)COC(=O)CC. The molecule has 1 N–H and O–H groups in total. The summed E-state index contributed by atoms with van der Waals surface area (Å²) >= 11 is 1.26. The quantitative estimate of drug-likeness (QED) is 0.764. The minimum Gasteiger partial charge on any atom is -0.462 e. The van der Waals surface area contributed by atoms with Crippen molar-refractivity contribution in [3.63, 3.8) is 0 Å². The molecule has 6 nitrogen and oxygen atoms in total. The predicted molar refractivity (Wildman–Crippen MR) is 95.6 cm³/mol. The molecule has 0 bridgehead atoms. The highest BCUT2D eigenvalue weighted by Crippen LogP contribution is 2.35. The molecule has 0 aliphatic heterocycles. The number of benzene rings is 1. The molecule has 2 rings (SSSR count). The molecule has 0 atom stereocenters. The summed E-state index contributed by atoms with van der Waals surface area (Å²) in [5, 5.41) is 2.99. The van der Waals surface area contributed by atoms with Gasteiger partial charge in [-0.15, -0.1) is 11.3 Å². The third-order valence-electron chi connectivity index (χ3n) is 3.19. The summed E-state index contributed by atoms with van der Waals surface area (Å²) in [6, 6.07) is 11.2. The van der Waals surface area contributed by atoms with Gasteiger partial charge in [-0.05, 0) is 18.6 Å². The Morgan fingerprint density at radius 2 is 1.80 bits per heavy atom. The van der Waals surface area contributed by atoms with E-state index < -0.39 is 24.5 Å². The lowest BCUT2D eigenvalue weighted by molar-refractivity contribution is -0.146. The van der Waals surface area contributed by atoms with Crippen molar-refractivity contribution in [3.05, 3.63) is 42.0 Å². The number of hydrogen-bond acceptors (Lipinski definition) is 6. The normalized spacial score (nSPS) is 10.2. The largest absolute Gasteiger partial charge is 0.462 e. The zero-order chi connectivity index (χ0) is 18.2. The van der Waals surface area contributed by atoms with Gasteiger partial charge in [0.25, 0.3) is 5.91 Å². The maximum atomic E-state index is 12.2. The minimum atomic E-state index is -0.512. The summed E-state index contributed by atoms with van der Waals surface area (Å²) < 4.78 is 9.85. The zero-order valence-corrected chi connectivity index (χ0v) is 14.9. The number of carbonyl (C=O) groups is 3. The molecular formula is C18H19NO5S. The molecule has 25 heavy (non-hydrogen) atoms. The summed E-state index contributed by atoms with van der Waals surface area (Å²) in [4.78, 5) is 36.1. The van der Waals surface area contributed by atoms with Gasteiger partial charge in [0.2, 0.25) is 0 Å². The van der Waals surface area contributed by atoms with Crippen LogP contribution in [0, 0.1) is 0 Å². The smallest absolute Gasteiger partial charge is 0.341 e. The van der Waals surface area contributed by atoms with Gasteiger partial charge in [0.1, 0.15) is 5.00 Å². The summed E-state index contributed by atoms with van der Waals surface area (Å²) in [5.41, 5.74) is 1.21. The Hall–Kier alpha value is -2.67. The van der Waals surface area contributed by atoms with Crippen LogP contribution in [0.5, 0.6) is 0 Å². The molecule has 0 radical (unpaired) electrons. The molecule has 0 saturated carbocycles. The van der Waals surface area contributed by atoms with Crippen molar-refractivity contribution < 1.29 is 23.9 Å². The first-order valence-corrected chi connectivity index (χ1v) is 8.68. The molecule has 7 heteroatoms. The number of anilines is 1. The lowest BCUT2D eigenvalue weighted by atomic mass is 10.1. The topological polar surface area (TPSA) is 81.7 Å². The maximum Gasteiger partial charge on any atom is 0.341 e. The third-order valence-corrected chi connectivity index (χ3v) is 4.29. The van der Waals surface area contributed by atoms with Crippen LogP contribution in [0.15, 0.2) is 36.4 Å². The standard InChI is InChI=1S/C18H19NO5S/c1-3-16(21)24-11-15(20)19-17-13(18(22)23-4-2)10-14(25-17)12-8-6-5-7-9-12/h5-10H,3-4,11H2,1-2H3,(H,19,20). The molecular weight excluding hydrogens is 342 g/mol. The molecule has 132 valence electrons. The summed E-state index contributed by atoms with van der Waals surface area (Å²) in [5.74, 6) is -1.48. The lowest BCUT2D eigenvalue weighted by Crippen LogP contribution is -2.21. The van der Waals surface area contributed by atoms with Gasteiger partial charge in [-0.25, -0.2) is 4.79 Å². The zero-order valence-electron chi connectivity index (χ0n) is 14.0. The molecule has 0 aliphatic carbocycles. The number of esters is 2. The lowest BCUT2D eigenvalue weighted by Gasteiger charge is -2.06. The number of carbonyl (C=O) groups excluding carboxylic acids is 3. The highest BCUT2D eigenvalue weighted by Gasteiger charge is 2.20. The van der Waals surface area contributed by atoms with E-state index in [2.05, 4.69) is 5.32 Å². The number of thiophene rings is 1. The predicted octanol–water partition coefficient (Wildman–Crippen LogP) is 3.48. The number of nitrogens with one attached hydrogen (secondary N) is 1. The van der Waals surface area contributed by atoms with Gasteiger partial charge < -0.3 is 14.8 Å². The summed E-state index contributed by atoms with van der Waals surface area (Å²) in [7, 11) is 0. The van der Waals surface area contributed by atoms with Crippen molar-refractivity contribution in [2.75, 3.05) is 18.5 Å². The Labute approximate surface area is 149 Å². The van der Waals surface area contributed by atoms with Gasteiger partial charge in [0, 0.05) is 11.3 Å². The average Bonchev–Trinajstić information content (AvgIpc) is 3.04. The number of rotatable bonds is 7. The fraction of sp³-hybridized carbons (Fsp3) is 0.278. The molecule has 0 saturated heterocycles. The van der Waals surface area contributed by atoms with Crippen LogP contribution >= 0.6 is 11.3 Å². The molecule has 1 amide bonds. The van der Waals surface area contributed by atoms with Gasteiger partial charge >= 0.3 is 11.9 Å². The van der Waals surface area contributed by atoms with Crippen LogP contribution < -0.4 is 5.32 Å². The van der Waals surface area contributed by atoms with Gasteiger partial charge in [-0.1, -0.05) is 37.3 Å². The number of ether oxygens (including phenoxy) is 2. The van der Waals surface area contributed by atoms with Crippen LogP contribution in [0.3, 0.4) is 0 Å². The molecule has 2 aromatic rings. The van der Waals surface area contributed by atoms with Crippen LogP contribution in [0.4, 0.5) is 5.00 Å². The van der Waals surface area contributed by atoms with Crippen molar-refractivity contribution in [2.45, 2.75) is 20.3 Å². The van der Waals surface area contributed by atoms with E-state index in [-0.39, 0.29) is 18.6 Å². The van der Waals surface area contributed by atoms with E-state index in [1.165, 1.54) is 11.3 Å². The van der Waals surface area contributed by atoms with E-state index in [1.807, 2.05) is 30.3 Å². The summed E-state index contributed by atoms with van der Waals surface area (Å²) in [6.45, 7) is 3.19. The second-order valence-corrected chi connectivity index (χ2v) is 6.05. The third kappa shape index (κ3) is 5.15. The molecule has 0 fully saturated rings. The Balaban J connectivity index is 2.22. The molecule has 0 unspecified atom stereocenters. The highest BCUT2D eigenvalue weighted by atomic mass is 32.1. The molecule has 1 aromatic carbocycles. The van der Waals surface area contributed by atoms with E-state index in [0.717, 1.165) is 10.4 Å². The summed E-state index contributed by atoms with van der Waals surface area (Å²) in [6.07, 6.45) is 0.193. The van der Waals surface area contributed by atoms with Crippen LogP contribution in [-0.4, -0.2) is 31.1 Å². The fourth-order valence-corrected chi connectivity index (χ4v) is 3.07. The Morgan fingerprint density at radius 1 is 1.08 bits per heavy atom. The van der Waals surface area contributed by atoms with E-state index in [0.29, 0.717) is 5.00 Å². The van der Waals surface area contributed by atoms with E-state index in [4.69, 9.17) is 9.47 Å². The van der Waals surface area contributed by atoms with E-state index in [1.54, 1.807) is 19.9 Å². The highest BCUT2D eigenvalue weighted by molar-refractivity contribution is 7.20. The molecule has 0 aliphatic rings. The Morgan fingerprint density at radius 3 is 2.44 bits per heavy atom. The van der Waals surface area contributed by atoms with Crippen LogP contribution in [0.25, 0.3) is 10.4 Å². The first-order chi connectivity index (χ1) is 12.0.